The fourth-order valence-corrected chi connectivity index (χ4v) is 4.38. The summed E-state index contributed by atoms with van der Waals surface area (Å²) < 4.78 is 23.2. The Morgan fingerprint density at radius 3 is 2.30 bits per heavy atom. The Hall–Kier alpha value is -3.72. The highest BCUT2D eigenvalue weighted by Gasteiger charge is 2.14. The van der Waals surface area contributed by atoms with Crippen molar-refractivity contribution in [2.45, 2.75) is 13.0 Å². The zero-order valence-electron chi connectivity index (χ0n) is 18.9. The first-order valence-electron chi connectivity index (χ1n) is 10.2. The van der Waals surface area contributed by atoms with Crippen molar-refractivity contribution in [3.8, 4) is 34.3 Å². The molecule has 0 bridgehead atoms. The number of amides is 1. The SMILES string of the molecule is COc1ccc(CNC(=O)Cc2csc3nc(-c4ccc(OC)c(OC)c4)cn23)cc1OC. The van der Waals surface area contributed by atoms with Crippen LogP contribution in [0, 0.1) is 0 Å². The van der Waals surface area contributed by atoms with Gasteiger partial charge in [-0.2, -0.15) is 0 Å². The fourth-order valence-electron chi connectivity index (χ4n) is 3.51. The molecule has 0 atom stereocenters. The standard InChI is InChI=1S/C24H25N3O5S/c1-29-19-7-5-15(9-21(19)31-3)12-25-23(28)11-17-14-33-24-26-18(13-27(17)24)16-6-8-20(30-2)22(10-16)32-4/h5-10,13-14H,11-12H2,1-4H3,(H,25,28). The van der Waals surface area contributed by atoms with Crippen LogP contribution < -0.4 is 24.3 Å². The van der Waals surface area contributed by atoms with Crippen LogP contribution in [0.1, 0.15) is 11.3 Å². The number of imidazole rings is 1. The molecule has 0 spiro atoms. The van der Waals surface area contributed by atoms with E-state index in [1.807, 2.05) is 52.4 Å². The van der Waals surface area contributed by atoms with Crippen LogP contribution >= 0.6 is 11.3 Å². The molecule has 1 N–H and O–H groups in total. The van der Waals surface area contributed by atoms with Crippen molar-refractivity contribution in [1.29, 1.82) is 0 Å². The van der Waals surface area contributed by atoms with Gasteiger partial charge in [-0.3, -0.25) is 9.20 Å². The summed E-state index contributed by atoms with van der Waals surface area (Å²) in [6, 6.07) is 11.3. The average Bonchev–Trinajstić information content (AvgIpc) is 3.44. The molecule has 2 heterocycles. The van der Waals surface area contributed by atoms with Crippen molar-refractivity contribution < 1.29 is 23.7 Å². The molecule has 0 aliphatic heterocycles. The third-order valence-electron chi connectivity index (χ3n) is 5.24. The molecule has 0 saturated carbocycles. The quantitative estimate of drug-likeness (QED) is 0.401. The Morgan fingerprint density at radius 2 is 1.61 bits per heavy atom. The molecule has 4 aromatic rings. The summed E-state index contributed by atoms with van der Waals surface area (Å²) >= 11 is 1.50. The lowest BCUT2D eigenvalue weighted by atomic mass is 10.1. The topological polar surface area (TPSA) is 83.3 Å². The number of nitrogens with zero attached hydrogens (tertiary/aromatic N) is 2. The molecule has 0 radical (unpaired) electrons. The van der Waals surface area contributed by atoms with Crippen molar-refractivity contribution >= 4 is 22.2 Å². The van der Waals surface area contributed by atoms with Crippen LogP contribution in [0.15, 0.2) is 48.0 Å². The summed E-state index contributed by atoms with van der Waals surface area (Å²) in [6.07, 6.45) is 2.18. The first-order chi connectivity index (χ1) is 16.1. The number of ether oxygens (including phenoxy) is 4. The molecule has 2 aromatic heterocycles. The number of hydrogen-bond donors (Lipinski definition) is 1. The van der Waals surface area contributed by atoms with Crippen LogP contribution in [0.5, 0.6) is 23.0 Å². The zero-order valence-corrected chi connectivity index (χ0v) is 19.7. The van der Waals surface area contributed by atoms with Crippen LogP contribution in [0.2, 0.25) is 0 Å². The zero-order chi connectivity index (χ0) is 23.4. The normalized spacial score (nSPS) is 10.8. The van der Waals surface area contributed by atoms with E-state index in [0.717, 1.165) is 27.5 Å². The number of carbonyl (C=O) groups excluding carboxylic acids is 1. The van der Waals surface area contributed by atoms with Crippen molar-refractivity contribution in [2.75, 3.05) is 28.4 Å². The van der Waals surface area contributed by atoms with Crippen LogP contribution in [-0.4, -0.2) is 43.7 Å². The van der Waals surface area contributed by atoms with Crippen molar-refractivity contribution in [3.63, 3.8) is 0 Å². The van der Waals surface area contributed by atoms with Gasteiger partial charge in [0.15, 0.2) is 28.0 Å². The highest BCUT2D eigenvalue weighted by Crippen LogP contribution is 2.33. The maximum atomic E-state index is 12.6. The number of hydrogen-bond acceptors (Lipinski definition) is 7. The van der Waals surface area contributed by atoms with E-state index >= 15 is 0 Å². The van der Waals surface area contributed by atoms with Gasteiger partial charge in [0, 0.05) is 29.4 Å². The van der Waals surface area contributed by atoms with Gasteiger partial charge in [0.25, 0.3) is 0 Å². The summed E-state index contributed by atoms with van der Waals surface area (Å²) in [7, 11) is 6.38. The van der Waals surface area contributed by atoms with Gasteiger partial charge in [0.2, 0.25) is 5.91 Å². The Bertz CT molecular complexity index is 1280. The average molecular weight is 468 g/mol. The third-order valence-corrected chi connectivity index (χ3v) is 6.13. The number of benzene rings is 2. The molecule has 0 aliphatic carbocycles. The second kappa shape index (κ2) is 9.83. The molecule has 0 saturated heterocycles. The number of methoxy groups -OCH3 is 4. The molecule has 4 rings (SSSR count). The number of aromatic nitrogens is 2. The van der Waals surface area contributed by atoms with Gasteiger partial charge >= 0.3 is 0 Å². The van der Waals surface area contributed by atoms with Crippen LogP contribution in [0.25, 0.3) is 16.2 Å². The van der Waals surface area contributed by atoms with Gasteiger partial charge in [-0.1, -0.05) is 6.07 Å². The van der Waals surface area contributed by atoms with E-state index in [1.54, 1.807) is 28.4 Å². The summed E-state index contributed by atoms with van der Waals surface area (Å²) in [6.45, 7) is 0.396. The molecule has 8 nitrogen and oxygen atoms in total. The molecule has 0 fully saturated rings. The predicted octanol–water partition coefficient (Wildman–Crippen LogP) is 3.96. The summed E-state index contributed by atoms with van der Waals surface area (Å²) in [5, 5.41) is 4.92. The largest absolute Gasteiger partial charge is 0.493 e. The summed E-state index contributed by atoms with van der Waals surface area (Å²) in [4.78, 5) is 18.1. The summed E-state index contributed by atoms with van der Waals surface area (Å²) in [5.74, 6) is 2.50. The van der Waals surface area contributed by atoms with E-state index < -0.39 is 0 Å². The van der Waals surface area contributed by atoms with E-state index in [2.05, 4.69) is 5.32 Å². The molecule has 1 amide bonds. The van der Waals surface area contributed by atoms with Gasteiger partial charge in [-0.15, -0.1) is 11.3 Å². The van der Waals surface area contributed by atoms with Crippen LogP contribution in [0.3, 0.4) is 0 Å². The number of fused-ring (bicyclic) bond motifs is 1. The monoisotopic (exact) mass is 467 g/mol. The molecular weight excluding hydrogens is 442 g/mol. The highest BCUT2D eigenvalue weighted by molar-refractivity contribution is 7.15. The minimum Gasteiger partial charge on any atom is -0.493 e. The molecule has 9 heteroatoms. The minimum absolute atomic E-state index is 0.0779. The molecule has 0 aliphatic rings. The second-order valence-corrected chi connectivity index (χ2v) is 8.05. The van der Waals surface area contributed by atoms with Crippen molar-refractivity contribution in [3.05, 3.63) is 59.2 Å². The number of carbonyl (C=O) groups is 1. The van der Waals surface area contributed by atoms with Crippen LogP contribution in [0.4, 0.5) is 0 Å². The van der Waals surface area contributed by atoms with Gasteiger partial charge in [-0.05, 0) is 35.9 Å². The maximum Gasteiger partial charge on any atom is 0.226 e. The van der Waals surface area contributed by atoms with Gasteiger partial charge in [-0.25, -0.2) is 4.98 Å². The Labute approximate surface area is 195 Å². The number of nitrogens with one attached hydrogen (secondary N) is 1. The number of thiazole rings is 1. The van der Waals surface area contributed by atoms with E-state index in [9.17, 15) is 4.79 Å². The fraction of sp³-hybridized carbons (Fsp3) is 0.250. The van der Waals surface area contributed by atoms with Crippen LogP contribution in [-0.2, 0) is 17.8 Å². The van der Waals surface area contributed by atoms with Crippen molar-refractivity contribution in [2.24, 2.45) is 0 Å². The maximum absolute atomic E-state index is 12.6. The first-order valence-corrected chi connectivity index (χ1v) is 11.1. The van der Waals surface area contributed by atoms with Crippen molar-refractivity contribution in [1.82, 2.24) is 14.7 Å². The van der Waals surface area contributed by atoms with Gasteiger partial charge in [0.1, 0.15) is 0 Å². The van der Waals surface area contributed by atoms with E-state index in [-0.39, 0.29) is 12.3 Å². The number of rotatable bonds is 9. The minimum atomic E-state index is -0.0779. The summed E-state index contributed by atoms with van der Waals surface area (Å²) in [5.41, 5.74) is 3.51. The second-order valence-electron chi connectivity index (χ2n) is 7.22. The Balaban J connectivity index is 1.46. The molecular formula is C24H25N3O5S. The molecule has 2 aromatic carbocycles. The molecule has 33 heavy (non-hydrogen) atoms. The third kappa shape index (κ3) is 4.73. The molecule has 0 unspecified atom stereocenters. The van der Waals surface area contributed by atoms with E-state index in [0.29, 0.717) is 29.5 Å². The first kappa shape index (κ1) is 22.5. The predicted molar refractivity (Wildman–Crippen MR) is 127 cm³/mol. The highest BCUT2D eigenvalue weighted by atomic mass is 32.1. The lowest BCUT2D eigenvalue weighted by molar-refractivity contribution is -0.120. The van der Waals surface area contributed by atoms with E-state index in [4.69, 9.17) is 23.9 Å². The Kier molecular flexibility index (Phi) is 6.69. The smallest absolute Gasteiger partial charge is 0.226 e. The van der Waals surface area contributed by atoms with Gasteiger partial charge < -0.3 is 24.3 Å². The lowest BCUT2D eigenvalue weighted by Gasteiger charge is -2.10. The van der Waals surface area contributed by atoms with E-state index in [1.165, 1.54) is 11.3 Å². The van der Waals surface area contributed by atoms with Gasteiger partial charge in [0.05, 0.1) is 40.6 Å². The molecule has 172 valence electrons. The Morgan fingerprint density at radius 1 is 0.939 bits per heavy atom. The lowest BCUT2D eigenvalue weighted by Crippen LogP contribution is -2.25.